The number of nitrogens with one attached hydrogen (secondary N) is 1. The molecule has 0 aliphatic carbocycles. The van der Waals surface area contributed by atoms with Gasteiger partial charge in [-0.15, -0.1) is 0 Å². The van der Waals surface area contributed by atoms with Gasteiger partial charge in [0, 0.05) is 23.5 Å². The second-order valence-corrected chi connectivity index (χ2v) is 4.96. The average Bonchev–Trinajstić information content (AvgIpc) is 2.27. The SMILES string of the molecule is CC(C)(C)C(=O)Nc1ccc2nccnc2c1. The van der Waals surface area contributed by atoms with E-state index in [9.17, 15) is 4.79 Å². The summed E-state index contributed by atoms with van der Waals surface area (Å²) in [6.45, 7) is 5.63. The summed E-state index contributed by atoms with van der Waals surface area (Å²) in [5.41, 5.74) is 1.94. The van der Waals surface area contributed by atoms with Gasteiger partial charge in [-0.2, -0.15) is 0 Å². The third-order valence-corrected chi connectivity index (χ3v) is 2.41. The maximum atomic E-state index is 11.8. The van der Waals surface area contributed by atoms with Crippen LogP contribution in [0.2, 0.25) is 0 Å². The number of amides is 1. The predicted molar refractivity (Wildman–Crippen MR) is 67.6 cm³/mol. The molecule has 1 amide bonds. The van der Waals surface area contributed by atoms with Crippen LogP contribution in [-0.4, -0.2) is 15.9 Å². The molecule has 1 aromatic carbocycles. The first kappa shape index (κ1) is 11.5. The van der Waals surface area contributed by atoms with E-state index in [4.69, 9.17) is 0 Å². The Bertz CT molecular complexity index is 558. The van der Waals surface area contributed by atoms with Crippen LogP contribution in [0.25, 0.3) is 11.0 Å². The number of carbonyl (C=O) groups is 1. The number of benzene rings is 1. The molecule has 4 nitrogen and oxygen atoms in total. The number of hydrogen-bond donors (Lipinski definition) is 1. The fourth-order valence-electron chi connectivity index (χ4n) is 1.36. The Morgan fingerprint density at radius 1 is 1.12 bits per heavy atom. The number of carbonyl (C=O) groups excluding carboxylic acids is 1. The van der Waals surface area contributed by atoms with Gasteiger partial charge in [0.1, 0.15) is 0 Å². The molecule has 1 aromatic heterocycles. The van der Waals surface area contributed by atoms with Gasteiger partial charge >= 0.3 is 0 Å². The maximum absolute atomic E-state index is 11.8. The highest BCUT2D eigenvalue weighted by atomic mass is 16.2. The lowest BCUT2D eigenvalue weighted by Gasteiger charge is -2.17. The van der Waals surface area contributed by atoms with Crippen molar-refractivity contribution in [3.05, 3.63) is 30.6 Å². The monoisotopic (exact) mass is 229 g/mol. The van der Waals surface area contributed by atoms with Crippen LogP contribution in [0.3, 0.4) is 0 Å². The maximum Gasteiger partial charge on any atom is 0.229 e. The van der Waals surface area contributed by atoms with E-state index < -0.39 is 5.41 Å². The van der Waals surface area contributed by atoms with Crippen LogP contribution in [0.4, 0.5) is 5.69 Å². The van der Waals surface area contributed by atoms with E-state index in [2.05, 4.69) is 15.3 Å². The molecule has 0 spiro atoms. The van der Waals surface area contributed by atoms with Gasteiger partial charge in [0.2, 0.25) is 5.91 Å². The van der Waals surface area contributed by atoms with Crippen LogP contribution in [0.1, 0.15) is 20.8 Å². The molecule has 0 bridgehead atoms. The Hall–Kier alpha value is -1.97. The fraction of sp³-hybridized carbons (Fsp3) is 0.308. The standard InChI is InChI=1S/C13H15N3O/c1-13(2,3)12(17)16-9-4-5-10-11(8-9)15-7-6-14-10/h4-8H,1-3H3,(H,16,17). The van der Waals surface area contributed by atoms with Crippen LogP contribution in [0, 0.1) is 5.41 Å². The first-order chi connectivity index (χ1) is 7.97. The summed E-state index contributed by atoms with van der Waals surface area (Å²) in [4.78, 5) is 20.2. The predicted octanol–water partition coefficient (Wildman–Crippen LogP) is 2.61. The van der Waals surface area contributed by atoms with E-state index in [1.807, 2.05) is 39.0 Å². The normalized spacial score (nSPS) is 11.5. The van der Waals surface area contributed by atoms with Crippen LogP contribution >= 0.6 is 0 Å². The third kappa shape index (κ3) is 2.58. The lowest BCUT2D eigenvalue weighted by Crippen LogP contribution is -2.27. The molecule has 88 valence electrons. The summed E-state index contributed by atoms with van der Waals surface area (Å²) in [7, 11) is 0. The molecule has 2 aromatic rings. The van der Waals surface area contributed by atoms with Crippen molar-refractivity contribution in [3.8, 4) is 0 Å². The topological polar surface area (TPSA) is 54.9 Å². The zero-order chi connectivity index (χ0) is 12.5. The van der Waals surface area contributed by atoms with E-state index in [1.54, 1.807) is 12.4 Å². The van der Waals surface area contributed by atoms with Gasteiger partial charge in [-0.05, 0) is 18.2 Å². The Balaban J connectivity index is 2.29. The van der Waals surface area contributed by atoms with Crippen molar-refractivity contribution in [2.45, 2.75) is 20.8 Å². The Labute approximate surface area is 100 Å². The molecule has 17 heavy (non-hydrogen) atoms. The van der Waals surface area contributed by atoms with Gasteiger partial charge in [-0.25, -0.2) is 0 Å². The van der Waals surface area contributed by atoms with Crippen molar-refractivity contribution in [1.29, 1.82) is 0 Å². The summed E-state index contributed by atoms with van der Waals surface area (Å²) in [5.74, 6) is -0.0132. The highest BCUT2D eigenvalue weighted by Gasteiger charge is 2.21. The lowest BCUT2D eigenvalue weighted by molar-refractivity contribution is -0.123. The van der Waals surface area contributed by atoms with E-state index in [0.29, 0.717) is 0 Å². The minimum absolute atomic E-state index is 0.0132. The number of anilines is 1. The zero-order valence-corrected chi connectivity index (χ0v) is 10.2. The van der Waals surface area contributed by atoms with Crippen LogP contribution in [0.5, 0.6) is 0 Å². The lowest BCUT2D eigenvalue weighted by atomic mass is 9.95. The molecular weight excluding hydrogens is 214 g/mol. The third-order valence-electron chi connectivity index (χ3n) is 2.41. The first-order valence-electron chi connectivity index (χ1n) is 5.49. The van der Waals surface area contributed by atoms with Gasteiger partial charge in [-0.1, -0.05) is 20.8 Å². The summed E-state index contributed by atoms with van der Waals surface area (Å²) in [6, 6.07) is 5.51. The molecule has 0 unspecified atom stereocenters. The van der Waals surface area contributed by atoms with E-state index in [-0.39, 0.29) is 5.91 Å². The molecule has 0 fully saturated rings. The molecule has 0 atom stereocenters. The van der Waals surface area contributed by atoms with Crippen molar-refractivity contribution in [2.24, 2.45) is 5.41 Å². The summed E-state index contributed by atoms with van der Waals surface area (Å²) in [5, 5.41) is 2.87. The second kappa shape index (κ2) is 4.13. The van der Waals surface area contributed by atoms with Crippen LogP contribution < -0.4 is 5.32 Å². The van der Waals surface area contributed by atoms with Crippen LogP contribution in [0.15, 0.2) is 30.6 Å². The molecule has 0 radical (unpaired) electrons. The molecule has 0 saturated carbocycles. The quantitative estimate of drug-likeness (QED) is 0.817. The van der Waals surface area contributed by atoms with E-state index >= 15 is 0 Å². The first-order valence-corrected chi connectivity index (χ1v) is 5.49. The summed E-state index contributed by atoms with van der Waals surface area (Å²) in [6.07, 6.45) is 3.29. The number of hydrogen-bond acceptors (Lipinski definition) is 3. The summed E-state index contributed by atoms with van der Waals surface area (Å²) < 4.78 is 0. The van der Waals surface area contributed by atoms with Crippen molar-refractivity contribution in [1.82, 2.24) is 9.97 Å². The van der Waals surface area contributed by atoms with Crippen molar-refractivity contribution < 1.29 is 4.79 Å². The van der Waals surface area contributed by atoms with Crippen molar-refractivity contribution in [2.75, 3.05) is 5.32 Å². The average molecular weight is 229 g/mol. The molecule has 0 aliphatic heterocycles. The molecular formula is C13H15N3O. The molecule has 0 saturated heterocycles. The molecule has 2 rings (SSSR count). The molecule has 1 heterocycles. The Kier molecular flexibility index (Phi) is 2.79. The largest absolute Gasteiger partial charge is 0.326 e. The molecule has 0 aliphatic rings. The van der Waals surface area contributed by atoms with Gasteiger partial charge < -0.3 is 5.32 Å². The smallest absolute Gasteiger partial charge is 0.229 e. The van der Waals surface area contributed by atoms with E-state index in [1.165, 1.54) is 0 Å². The number of fused-ring (bicyclic) bond motifs is 1. The zero-order valence-electron chi connectivity index (χ0n) is 10.2. The minimum Gasteiger partial charge on any atom is -0.326 e. The molecule has 4 heteroatoms. The summed E-state index contributed by atoms with van der Waals surface area (Å²) >= 11 is 0. The van der Waals surface area contributed by atoms with Gasteiger partial charge in [-0.3, -0.25) is 14.8 Å². The highest BCUT2D eigenvalue weighted by Crippen LogP contribution is 2.19. The highest BCUT2D eigenvalue weighted by molar-refractivity contribution is 5.96. The second-order valence-electron chi connectivity index (χ2n) is 4.96. The van der Waals surface area contributed by atoms with Crippen molar-refractivity contribution in [3.63, 3.8) is 0 Å². The van der Waals surface area contributed by atoms with Crippen LogP contribution in [-0.2, 0) is 4.79 Å². The van der Waals surface area contributed by atoms with Crippen molar-refractivity contribution >= 4 is 22.6 Å². The number of nitrogens with zero attached hydrogens (tertiary/aromatic N) is 2. The Morgan fingerprint density at radius 2 is 1.76 bits per heavy atom. The number of aromatic nitrogens is 2. The van der Waals surface area contributed by atoms with E-state index in [0.717, 1.165) is 16.7 Å². The molecule has 1 N–H and O–H groups in total. The fourth-order valence-corrected chi connectivity index (χ4v) is 1.36. The number of rotatable bonds is 1. The van der Waals surface area contributed by atoms with Gasteiger partial charge in [0.25, 0.3) is 0 Å². The Morgan fingerprint density at radius 3 is 2.41 bits per heavy atom. The minimum atomic E-state index is -0.405. The van der Waals surface area contributed by atoms with Gasteiger partial charge in [0.15, 0.2) is 0 Å². The van der Waals surface area contributed by atoms with Gasteiger partial charge in [0.05, 0.1) is 11.0 Å².